The molecule has 0 saturated carbocycles. The van der Waals surface area contributed by atoms with E-state index in [2.05, 4.69) is 0 Å². The third-order valence-electron chi connectivity index (χ3n) is 0.998. The number of hydrogen-bond donors (Lipinski definition) is 0. The Morgan fingerprint density at radius 1 is 1.11 bits per heavy atom. The number of hydrogen-bond acceptors (Lipinski definition) is 1. The molecule has 9 heavy (non-hydrogen) atoms. The fourth-order valence-corrected chi connectivity index (χ4v) is 5.42. The second-order valence-electron chi connectivity index (χ2n) is 1.50. The van der Waals surface area contributed by atoms with Gasteiger partial charge in [-0.1, -0.05) is 0 Å². The van der Waals surface area contributed by atoms with Crippen molar-refractivity contribution in [3.63, 3.8) is 0 Å². The van der Waals surface area contributed by atoms with Crippen molar-refractivity contribution >= 4 is 28.3 Å². The van der Waals surface area contributed by atoms with E-state index in [1.165, 1.54) is 0 Å². The SMILES string of the molecule is CC[N](CC)[Mo]([Cl])([Cl])[Cl]. The summed E-state index contributed by atoms with van der Waals surface area (Å²) in [6.07, 6.45) is 0. The Balaban J connectivity index is 3.79. The Morgan fingerprint density at radius 3 is 1.44 bits per heavy atom. The van der Waals surface area contributed by atoms with Crippen LogP contribution in [0.15, 0.2) is 0 Å². The summed E-state index contributed by atoms with van der Waals surface area (Å²) in [6, 6.07) is 0. The normalized spacial score (nSPS) is 14.4. The van der Waals surface area contributed by atoms with Crippen molar-refractivity contribution < 1.29 is 13.2 Å². The summed E-state index contributed by atoms with van der Waals surface area (Å²) in [5, 5.41) is 0. The molecule has 58 valence electrons. The number of halogens is 3. The second kappa shape index (κ2) is 4.41. The molecule has 0 radical (unpaired) electrons. The first kappa shape index (κ1) is 10.5. The fourth-order valence-electron chi connectivity index (χ4n) is 0.516. The van der Waals surface area contributed by atoms with Crippen LogP contribution in [0.5, 0.6) is 0 Å². The quantitative estimate of drug-likeness (QED) is 0.715. The molecule has 5 heteroatoms. The molecule has 0 atom stereocenters. The van der Waals surface area contributed by atoms with Gasteiger partial charge in [0, 0.05) is 0 Å². The van der Waals surface area contributed by atoms with E-state index >= 15 is 0 Å². The average Bonchev–Trinajstić information content (AvgIpc) is 1.65. The molecule has 0 aromatic carbocycles. The van der Waals surface area contributed by atoms with Gasteiger partial charge in [-0.3, -0.25) is 0 Å². The zero-order valence-electron chi connectivity index (χ0n) is 5.40. The second-order valence-corrected chi connectivity index (χ2v) is 15.4. The van der Waals surface area contributed by atoms with Gasteiger partial charge in [-0.2, -0.15) is 0 Å². The fraction of sp³-hybridized carbons (Fsp3) is 1.00. The summed E-state index contributed by atoms with van der Waals surface area (Å²) in [7, 11) is 17.2. The molecule has 1 nitrogen and oxygen atoms in total. The van der Waals surface area contributed by atoms with E-state index in [0.29, 0.717) is 0 Å². The summed E-state index contributed by atoms with van der Waals surface area (Å²) in [5.74, 6) is 0. The van der Waals surface area contributed by atoms with Crippen LogP contribution >= 0.6 is 28.3 Å². The zero-order valence-corrected chi connectivity index (χ0v) is 9.68. The molecule has 0 N–H and O–H groups in total. The standard InChI is InChI=1S/C4H10N.3ClH.Mo/c1-3-5-4-2;;;;/h3-4H2,1-2H3;3*1H;/q-1;;;;+4/p-3. The Labute approximate surface area is 71.5 Å². The van der Waals surface area contributed by atoms with Crippen molar-refractivity contribution in [1.82, 2.24) is 3.46 Å². The molecular formula is C4H10Cl3MoN. The summed E-state index contributed by atoms with van der Waals surface area (Å²) < 4.78 is 1.92. The molecule has 0 unspecified atom stereocenters. The van der Waals surface area contributed by atoms with Crippen LogP contribution < -0.4 is 0 Å². The maximum absolute atomic E-state index is 5.75. The monoisotopic (exact) mass is 275 g/mol. The Kier molecular flexibility index (Phi) is 5.15. The van der Waals surface area contributed by atoms with Gasteiger partial charge >= 0.3 is 71.8 Å². The van der Waals surface area contributed by atoms with Crippen LogP contribution in [0.25, 0.3) is 0 Å². The van der Waals surface area contributed by atoms with Crippen molar-refractivity contribution in [2.75, 3.05) is 13.1 Å². The molecule has 0 bridgehead atoms. The molecule has 0 amide bonds. The van der Waals surface area contributed by atoms with Gasteiger partial charge < -0.3 is 0 Å². The van der Waals surface area contributed by atoms with Crippen molar-refractivity contribution in [1.29, 1.82) is 0 Å². The van der Waals surface area contributed by atoms with Crippen LogP contribution in [0.3, 0.4) is 0 Å². The maximum atomic E-state index is 5.75. The third kappa shape index (κ3) is 4.06. The van der Waals surface area contributed by atoms with Crippen LogP contribution in [0.2, 0.25) is 0 Å². The molecule has 0 spiro atoms. The van der Waals surface area contributed by atoms with Crippen molar-refractivity contribution in [2.45, 2.75) is 13.8 Å². The van der Waals surface area contributed by atoms with Crippen LogP contribution in [-0.2, 0) is 13.2 Å². The molecule has 0 fully saturated rings. The Morgan fingerprint density at radius 2 is 1.44 bits per heavy atom. The first-order chi connectivity index (χ1) is 4.02. The summed E-state index contributed by atoms with van der Waals surface area (Å²) in [4.78, 5) is 0. The van der Waals surface area contributed by atoms with Crippen molar-refractivity contribution in [3.05, 3.63) is 0 Å². The van der Waals surface area contributed by atoms with Gasteiger partial charge in [0.2, 0.25) is 0 Å². The number of nitrogens with zero attached hydrogens (tertiary/aromatic N) is 1. The minimum atomic E-state index is -3.02. The van der Waals surface area contributed by atoms with Crippen LogP contribution in [0.4, 0.5) is 0 Å². The third-order valence-corrected chi connectivity index (χ3v) is 7.17. The van der Waals surface area contributed by atoms with Gasteiger partial charge in [-0.05, 0) is 0 Å². The van der Waals surface area contributed by atoms with Crippen molar-refractivity contribution in [2.24, 2.45) is 0 Å². The van der Waals surface area contributed by atoms with E-state index in [1.54, 1.807) is 0 Å². The van der Waals surface area contributed by atoms with Gasteiger partial charge in [-0.25, -0.2) is 0 Å². The topological polar surface area (TPSA) is 3.24 Å². The van der Waals surface area contributed by atoms with E-state index in [9.17, 15) is 0 Å². The summed E-state index contributed by atoms with van der Waals surface area (Å²) in [6.45, 7) is 5.68. The van der Waals surface area contributed by atoms with Gasteiger partial charge in [0.05, 0.1) is 0 Å². The van der Waals surface area contributed by atoms with E-state index in [1.807, 2.05) is 17.3 Å². The summed E-state index contributed by atoms with van der Waals surface area (Å²) in [5.41, 5.74) is 0. The first-order valence-corrected chi connectivity index (χ1v) is 11.3. The van der Waals surface area contributed by atoms with Crippen LogP contribution in [0, 0.1) is 0 Å². The Hall–Kier alpha value is 1.52. The van der Waals surface area contributed by atoms with Gasteiger partial charge in [0.25, 0.3) is 0 Å². The minimum absolute atomic E-state index is 0.841. The van der Waals surface area contributed by atoms with Gasteiger partial charge in [0.15, 0.2) is 0 Å². The Bertz CT molecular complexity index is 78.4. The van der Waals surface area contributed by atoms with E-state index in [4.69, 9.17) is 28.3 Å². The van der Waals surface area contributed by atoms with Crippen molar-refractivity contribution in [3.8, 4) is 0 Å². The molecule has 0 heterocycles. The first-order valence-electron chi connectivity index (χ1n) is 2.69. The molecule has 0 aliphatic rings. The molecule has 0 aliphatic heterocycles. The molecule has 0 aromatic rings. The predicted octanol–water partition coefficient (Wildman–Crippen LogP) is 2.86. The van der Waals surface area contributed by atoms with Gasteiger partial charge in [-0.15, -0.1) is 0 Å². The van der Waals surface area contributed by atoms with E-state index < -0.39 is 13.2 Å². The van der Waals surface area contributed by atoms with E-state index in [-0.39, 0.29) is 0 Å². The van der Waals surface area contributed by atoms with Crippen LogP contribution in [-0.4, -0.2) is 16.5 Å². The van der Waals surface area contributed by atoms with E-state index in [0.717, 1.165) is 13.1 Å². The van der Waals surface area contributed by atoms with Crippen LogP contribution in [0.1, 0.15) is 13.8 Å². The average molecular weight is 274 g/mol. The molecule has 0 aromatic heterocycles. The molecule has 0 rings (SSSR count). The molecular weight excluding hydrogens is 264 g/mol. The molecule has 0 aliphatic carbocycles. The zero-order chi connectivity index (χ0) is 7.49. The van der Waals surface area contributed by atoms with Gasteiger partial charge in [0.1, 0.15) is 0 Å². The number of rotatable bonds is 3. The predicted molar refractivity (Wildman–Crippen MR) is 40.5 cm³/mol. The summed E-state index contributed by atoms with van der Waals surface area (Å²) >= 11 is -3.02. The molecule has 0 saturated heterocycles.